The highest BCUT2D eigenvalue weighted by molar-refractivity contribution is 7.92. The zero-order valence-corrected chi connectivity index (χ0v) is 9.77. The van der Waals surface area contributed by atoms with Crippen molar-refractivity contribution in [3.8, 4) is 0 Å². The first-order valence-electron chi connectivity index (χ1n) is 4.71. The number of rotatable bonds is 2. The average Bonchev–Trinajstić information content (AvgIpc) is 2.96. The van der Waals surface area contributed by atoms with Crippen LogP contribution in [0.2, 0.25) is 0 Å². The van der Waals surface area contributed by atoms with Gasteiger partial charge in [0.2, 0.25) is 0 Å². The number of nitrogens with zero attached hydrogens (tertiary/aromatic N) is 3. The summed E-state index contributed by atoms with van der Waals surface area (Å²) in [5.74, 6) is 0.597. The Labute approximate surface area is 94.0 Å². The Balaban J connectivity index is 2.09. The van der Waals surface area contributed by atoms with Gasteiger partial charge in [-0.15, -0.1) is 0 Å². The van der Waals surface area contributed by atoms with E-state index in [0.717, 1.165) is 10.5 Å². The lowest BCUT2D eigenvalue weighted by Gasteiger charge is -1.94. The third-order valence-corrected chi connectivity index (χ3v) is 4.63. The molecule has 0 aromatic carbocycles. The van der Waals surface area contributed by atoms with Gasteiger partial charge < -0.3 is 4.55 Å². The van der Waals surface area contributed by atoms with Crippen LogP contribution < -0.4 is 0 Å². The van der Waals surface area contributed by atoms with Crippen molar-refractivity contribution in [2.75, 3.05) is 6.26 Å². The molecule has 6 heteroatoms. The maximum atomic E-state index is 11.2. The Kier molecular flexibility index (Phi) is 2.15. The van der Waals surface area contributed by atoms with Gasteiger partial charge in [-0.3, -0.25) is 0 Å². The molecule has 1 aliphatic rings. The molecule has 1 atom stereocenters. The maximum absolute atomic E-state index is 11.2. The van der Waals surface area contributed by atoms with Crippen LogP contribution in [0.25, 0.3) is 10.5 Å². The Morgan fingerprint density at radius 3 is 2.93 bits per heavy atom. The molecule has 1 fully saturated rings. The lowest BCUT2D eigenvalue weighted by molar-refractivity contribution is 0.600. The second-order valence-electron chi connectivity index (χ2n) is 3.63. The maximum Gasteiger partial charge on any atom is 0.305 e. The fourth-order valence-electron chi connectivity index (χ4n) is 1.41. The number of aromatic nitrogens is 3. The van der Waals surface area contributed by atoms with Gasteiger partial charge in [0.25, 0.3) is 0 Å². The minimum atomic E-state index is -1.04. The Bertz CT molecular complexity index is 507. The van der Waals surface area contributed by atoms with Gasteiger partial charge in [0.1, 0.15) is 6.26 Å². The van der Waals surface area contributed by atoms with Crippen LogP contribution >= 0.6 is 11.3 Å². The minimum absolute atomic E-state index is 0.597. The molecule has 3 rings (SSSR count). The molecule has 0 amide bonds. The first-order valence-corrected chi connectivity index (χ1v) is 7.08. The van der Waals surface area contributed by atoms with E-state index in [0.29, 0.717) is 15.9 Å². The van der Waals surface area contributed by atoms with Gasteiger partial charge in [-0.2, -0.15) is 4.98 Å². The van der Waals surface area contributed by atoms with Crippen LogP contribution in [0.5, 0.6) is 0 Å². The Morgan fingerprint density at radius 1 is 1.47 bits per heavy atom. The van der Waals surface area contributed by atoms with Crippen molar-refractivity contribution in [1.82, 2.24) is 15.0 Å². The van der Waals surface area contributed by atoms with Crippen LogP contribution in [0.4, 0.5) is 0 Å². The second kappa shape index (κ2) is 3.40. The first-order chi connectivity index (χ1) is 7.24. The van der Waals surface area contributed by atoms with Gasteiger partial charge in [-0.1, -0.05) is 0 Å². The molecular weight excluding hydrogens is 230 g/mol. The molecule has 1 unspecified atom stereocenters. The lowest BCUT2D eigenvalue weighted by Crippen LogP contribution is -1.95. The highest BCUT2D eigenvalue weighted by atomic mass is 32.2. The van der Waals surface area contributed by atoms with Crippen molar-refractivity contribution in [3.63, 3.8) is 0 Å². The molecule has 15 heavy (non-hydrogen) atoms. The minimum Gasteiger partial charge on any atom is -0.610 e. The molecule has 2 aromatic rings. The van der Waals surface area contributed by atoms with Crippen LogP contribution in [0.3, 0.4) is 0 Å². The number of hydrogen-bond donors (Lipinski definition) is 0. The fraction of sp³-hybridized carbons (Fsp3) is 0.444. The summed E-state index contributed by atoms with van der Waals surface area (Å²) in [5, 5.41) is 0. The number of fused-ring (bicyclic) bond motifs is 1. The fourth-order valence-corrected chi connectivity index (χ4v) is 2.97. The quantitative estimate of drug-likeness (QED) is 0.748. The predicted octanol–water partition coefficient (Wildman–Crippen LogP) is 1.70. The molecule has 0 spiro atoms. The van der Waals surface area contributed by atoms with Gasteiger partial charge in [-0.25, -0.2) is 9.97 Å². The topological polar surface area (TPSA) is 61.7 Å². The highest BCUT2D eigenvalue weighted by Gasteiger charge is 2.26. The Morgan fingerprint density at radius 2 is 2.27 bits per heavy atom. The summed E-state index contributed by atoms with van der Waals surface area (Å²) in [4.78, 5) is 13.7. The number of hydrogen-bond acceptors (Lipinski definition) is 5. The highest BCUT2D eigenvalue weighted by Crippen LogP contribution is 2.39. The van der Waals surface area contributed by atoms with Crippen LogP contribution in [0, 0.1) is 0 Å². The molecule has 0 radical (unpaired) electrons. The summed E-state index contributed by atoms with van der Waals surface area (Å²) < 4.78 is 11.9. The van der Waals surface area contributed by atoms with E-state index in [1.807, 2.05) is 0 Å². The van der Waals surface area contributed by atoms with Crippen molar-refractivity contribution >= 4 is 33.0 Å². The normalized spacial score (nSPS) is 18.3. The van der Waals surface area contributed by atoms with Crippen LogP contribution in [-0.4, -0.2) is 25.8 Å². The Hall–Kier alpha value is -0.720. The second-order valence-corrected chi connectivity index (χ2v) is 6.16. The van der Waals surface area contributed by atoms with Gasteiger partial charge in [0.15, 0.2) is 10.5 Å². The van der Waals surface area contributed by atoms with E-state index < -0.39 is 11.2 Å². The van der Waals surface area contributed by atoms with Crippen molar-refractivity contribution in [2.24, 2.45) is 0 Å². The predicted molar refractivity (Wildman–Crippen MR) is 59.5 cm³/mol. The lowest BCUT2D eigenvalue weighted by atomic mass is 10.3. The zero-order chi connectivity index (χ0) is 10.4. The van der Waals surface area contributed by atoms with Crippen molar-refractivity contribution < 1.29 is 4.55 Å². The first kappa shape index (κ1) is 9.50. The molecule has 0 saturated heterocycles. The molecule has 2 heterocycles. The third-order valence-electron chi connectivity index (χ3n) is 2.36. The standard InChI is InChI=1S/C9H9N3OS2/c1-15(13)9-12-7-8(14-9)11-6(4-10-7)5-2-3-5/h4-5H,2-3H2,1H3. The van der Waals surface area contributed by atoms with E-state index in [9.17, 15) is 4.55 Å². The van der Waals surface area contributed by atoms with Crippen LogP contribution in [0.15, 0.2) is 10.5 Å². The molecule has 1 saturated carbocycles. The van der Waals surface area contributed by atoms with Crippen molar-refractivity contribution in [3.05, 3.63) is 11.9 Å². The molecule has 1 aliphatic carbocycles. The molecule has 0 N–H and O–H groups in total. The van der Waals surface area contributed by atoms with Gasteiger partial charge in [-0.05, 0) is 24.2 Å². The number of thiazole rings is 1. The average molecular weight is 239 g/mol. The molecule has 0 bridgehead atoms. The van der Waals surface area contributed by atoms with Crippen LogP contribution in [-0.2, 0) is 11.2 Å². The van der Waals surface area contributed by atoms with Crippen molar-refractivity contribution in [2.45, 2.75) is 23.1 Å². The van der Waals surface area contributed by atoms with Crippen molar-refractivity contribution in [1.29, 1.82) is 0 Å². The van der Waals surface area contributed by atoms with Gasteiger partial charge in [0, 0.05) is 17.1 Å². The summed E-state index contributed by atoms with van der Waals surface area (Å²) in [6.45, 7) is 0. The van der Waals surface area contributed by atoms with E-state index in [-0.39, 0.29) is 0 Å². The van der Waals surface area contributed by atoms with E-state index in [4.69, 9.17) is 0 Å². The van der Waals surface area contributed by atoms with Gasteiger partial charge in [0.05, 0.1) is 11.9 Å². The molecule has 4 nitrogen and oxygen atoms in total. The third kappa shape index (κ3) is 1.73. The monoisotopic (exact) mass is 239 g/mol. The zero-order valence-electron chi connectivity index (χ0n) is 8.14. The SMILES string of the molecule is C[S+]([O-])c1nc2ncc(C3CC3)nc2s1. The summed E-state index contributed by atoms with van der Waals surface area (Å²) >= 11 is 0.344. The molecule has 0 aliphatic heterocycles. The largest absolute Gasteiger partial charge is 0.610 e. The summed E-state index contributed by atoms with van der Waals surface area (Å²) in [6, 6.07) is 0. The van der Waals surface area contributed by atoms with Gasteiger partial charge >= 0.3 is 4.34 Å². The van der Waals surface area contributed by atoms with Crippen LogP contribution in [0.1, 0.15) is 24.5 Å². The summed E-state index contributed by atoms with van der Waals surface area (Å²) in [7, 11) is 0. The molecule has 78 valence electrons. The van der Waals surface area contributed by atoms with E-state index in [2.05, 4.69) is 15.0 Å². The smallest absolute Gasteiger partial charge is 0.305 e. The molecular formula is C9H9N3OS2. The summed E-state index contributed by atoms with van der Waals surface area (Å²) in [5.41, 5.74) is 1.68. The summed E-state index contributed by atoms with van der Waals surface area (Å²) in [6.07, 6.45) is 5.85. The molecule has 2 aromatic heterocycles. The van der Waals surface area contributed by atoms with E-state index >= 15 is 0 Å². The van der Waals surface area contributed by atoms with E-state index in [1.54, 1.807) is 12.5 Å². The van der Waals surface area contributed by atoms with E-state index in [1.165, 1.54) is 24.2 Å².